The molecule has 4 nitrogen and oxygen atoms in total. The fourth-order valence-corrected chi connectivity index (χ4v) is 2.35. The van der Waals surface area contributed by atoms with Gasteiger partial charge >= 0.3 is 0 Å². The number of halogens is 1. The number of hydrogen-bond acceptors (Lipinski definition) is 2. The Morgan fingerprint density at radius 3 is 2.43 bits per heavy atom. The zero-order valence-electron chi connectivity index (χ0n) is 12.2. The highest BCUT2D eigenvalue weighted by molar-refractivity contribution is 6.30. The third kappa shape index (κ3) is 3.49. The van der Waals surface area contributed by atoms with E-state index < -0.39 is 5.91 Å². The van der Waals surface area contributed by atoms with Gasteiger partial charge in [-0.1, -0.05) is 41.9 Å². The van der Waals surface area contributed by atoms with Crippen LogP contribution < -0.4 is 5.73 Å². The third-order valence-electron chi connectivity index (χ3n) is 3.31. The predicted molar refractivity (Wildman–Crippen MR) is 92.2 cm³/mol. The number of para-hydroxylation sites is 1. The molecule has 0 atom stereocenters. The first kappa shape index (κ1) is 15.1. The number of rotatable bonds is 4. The van der Waals surface area contributed by atoms with Gasteiger partial charge in [0.15, 0.2) is 0 Å². The average Bonchev–Trinajstić information content (AvgIpc) is 2.99. The molecule has 0 unspecified atom stereocenters. The van der Waals surface area contributed by atoms with Crippen LogP contribution in [0.1, 0.15) is 5.56 Å². The van der Waals surface area contributed by atoms with E-state index in [0.717, 1.165) is 22.5 Å². The maximum atomic E-state index is 11.0. The first-order chi connectivity index (χ1) is 11.1. The number of carbonyl (C=O) groups is 1. The lowest BCUT2D eigenvalue weighted by molar-refractivity contribution is -0.113. The molecule has 0 bridgehead atoms. The van der Waals surface area contributed by atoms with Crippen LogP contribution in [0.3, 0.4) is 0 Å². The number of nitrogens with zero attached hydrogens (tertiary/aromatic N) is 2. The summed E-state index contributed by atoms with van der Waals surface area (Å²) >= 11 is 5.94. The Morgan fingerprint density at radius 2 is 1.78 bits per heavy atom. The molecule has 0 radical (unpaired) electrons. The number of primary amides is 1. The molecule has 0 saturated heterocycles. The summed E-state index contributed by atoms with van der Waals surface area (Å²) in [4.78, 5) is 11.0. The quantitative estimate of drug-likeness (QED) is 0.744. The topological polar surface area (TPSA) is 60.9 Å². The van der Waals surface area contributed by atoms with E-state index in [9.17, 15) is 4.79 Å². The van der Waals surface area contributed by atoms with Gasteiger partial charge in [0, 0.05) is 28.4 Å². The largest absolute Gasteiger partial charge is 0.366 e. The molecule has 23 heavy (non-hydrogen) atoms. The van der Waals surface area contributed by atoms with Gasteiger partial charge in [-0.05, 0) is 30.3 Å². The molecule has 0 fully saturated rings. The fraction of sp³-hybridized carbons (Fsp3) is 0. The molecule has 3 aromatic rings. The van der Waals surface area contributed by atoms with Crippen molar-refractivity contribution in [2.24, 2.45) is 5.73 Å². The minimum atomic E-state index is -0.500. The molecule has 1 aromatic heterocycles. The van der Waals surface area contributed by atoms with E-state index >= 15 is 0 Å². The maximum Gasteiger partial charge on any atom is 0.241 e. The summed E-state index contributed by atoms with van der Waals surface area (Å²) in [6, 6.07) is 17.1. The molecule has 0 spiro atoms. The Labute approximate surface area is 138 Å². The van der Waals surface area contributed by atoms with Crippen molar-refractivity contribution in [3.8, 4) is 16.9 Å². The zero-order valence-corrected chi connectivity index (χ0v) is 12.9. The van der Waals surface area contributed by atoms with Crippen molar-refractivity contribution < 1.29 is 4.79 Å². The SMILES string of the molecule is NC(=O)/C=C/c1cn(-c2ccccc2)nc1-c1ccc(Cl)cc1. The van der Waals surface area contributed by atoms with Gasteiger partial charge in [0.1, 0.15) is 0 Å². The van der Waals surface area contributed by atoms with Gasteiger partial charge < -0.3 is 5.73 Å². The van der Waals surface area contributed by atoms with Crippen molar-refractivity contribution in [1.29, 1.82) is 0 Å². The molecule has 1 heterocycles. The number of benzene rings is 2. The predicted octanol–water partition coefficient (Wildman–Crippen LogP) is 3.69. The van der Waals surface area contributed by atoms with Gasteiger partial charge in [-0.3, -0.25) is 4.79 Å². The Hall–Kier alpha value is -2.85. The van der Waals surface area contributed by atoms with E-state index in [-0.39, 0.29) is 0 Å². The Kier molecular flexibility index (Phi) is 4.26. The van der Waals surface area contributed by atoms with E-state index in [0.29, 0.717) is 5.02 Å². The monoisotopic (exact) mass is 323 g/mol. The second-order valence-corrected chi connectivity index (χ2v) is 5.39. The smallest absolute Gasteiger partial charge is 0.241 e. The lowest BCUT2D eigenvalue weighted by Crippen LogP contribution is -2.05. The van der Waals surface area contributed by atoms with Crippen LogP contribution >= 0.6 is 11.6 Å². The highest BCUT2D eigenvalue weighted by Crippen LogP contribution is 2.26. The van der Waals surface area contributed by atoms with Gasteiger partial charge in [-0.2, -0.15) is 5.10 Å². The molecule has 0 aliphatic rings. The average molecular weight is 324 g/mol. The van der Waals surface area contributed by atoms with Gasteiger partial charge in [0.25, 0.3) is 0 Å². The number of nitrogens with two attached hydrogens (primary N) is 1. The van der Waals surface area contributed by atoms with E-state index in [4.69, 9.17) is 17.3 Å². The third-order valence-corrected chi connectivity index (χ3v) is 3.56. The molecular formula is C18H14ClN3O. The van der Waals surface area contributed by atoms with E-state index in [2.05, 4.69) is 5.10 Å². The van der Waals surface area contributed by atoms with E-state index in [1.807, 2.05) is 48.7 Å². The minimum Gasteiger partial charge on any atom is -0.366 e. The molecule has 114 valence electrons. The van der Waals surface area contributed by atoms with Crippen molar-refractivity contribution in [3.05, 3.63) is 77.5 Å². The molecule has 5 heteroatoms. The summed E-state index contributed by atoms with van der Waals surface area (Å²) in [5, 5.41) is 5.29. The zero-order chi connectivity index (χ0) is 16.2. The number of aromatic nitrogens is 2. The second kappa shape index (κ2) is 6.50. The number of carbonyl (C=O) groups excluding carboxylic acids is 1. The van der Waals surface area contributed by atoms with Crippen LogP contribution in [-0.4, -0.2) is 15.7 Å². The summed E-state index contributed by atoms with van der Waals surface area (Å²) in [5.41, 5.74) is 8.59. The van der Waals surface area contributed by atoms with Crippen molar-refractivity contribution in [1.82, 2.24) is 9.78 Å². The van der Waals surface area contributed by atoms with Gasteiger partial charge in [-0.15, -0.1) is 0 Å². The van der Waals surface area contributed by atoms with Crippen LogP contribution in [-0.2, 0) is 4.79 Å². The molecule has 0 saturated carbocycles. The van der Waals surface area contributed by atoms with Gasteiger partial charge in [-0.25, -0.2) is 4.68 Å². The highest BCUT2D eigenvalue weighted by atomic mass is 35.5. The van der Waals surface area contributed by atoms with Crippen molar-refractivity contribution in [3.63, 3.8) is 0 Å². The maximum absolute atomic E-state index is 11.0. The lowest BCUT2D eigenvalue weighted by Gasteiger charge is -2.00. The van der Waals surface area contributed by atoms with Crippen molar-refractivity contribution in [2.75, 3.05) is 0 Å². The molecule has 2 N–H and O–H groups in total. The Bertz CT molecular complexity index is 852. The normalized spacial score (nSPS) is 11.0. The summed E-state index contributed by atoms with van der Waals surface area (Å²) in [6.45, 7) is 0. The van der Waals surface area contributed by atoms with Crippen LogP contribution in [0.15, 0.2) is 66.9 Å². The first-order valence-electron chi connectivity index (χ1n) is 7.02. The number of hydrogen-bond donors (Lipinski definition) is 1. The molecule has 1 amide bonds. The van der Waals surface area contributed by atoms with Crippen LogP contribution in [0.25, 0.3) is 23.0 Å². The number of amides is 1. The van der Waals surface area contributed by atoms with E-state index in [1.54, 1.807) is 22.9 Å². The van der Waals surface area contributed by atoms with Crippen LogP contribution in [0.5, 0.6) is 0 Å². The summed E-state index contributed by atoms with van der Waals surface area (Å²) in [6.07, 6.45) is 4.85. The first-order valence-corrected chi connectivity index (χ1v) is 7.40. The second-order valence-electron chi connectivity index (χ2n) is 4.96. The highest BCUT2D eigenvalue weighted by Gasteiger charge is 2.10. The van der Waals surface area contributed by atoms with Crippen LogP contribution in [0.4, 0.5) is 0 Å². The van der Waals surface area contributed by atoms with Crippen LogP contribution in [0.2, 0.25) is 5.02 Å². The Morgan fingerprint density at radius 1 is 1.09 bits per heavy atom. The molecule has 3 rings (SSSR count). The van der Waals surface area contributed by atoms with Crippen LogP contribution in [0, 0.1) is 0 Å². The van der Waals surface area contributed by atoms with Crippen molar-refractivity contribution >= 4 is 23.6 Å². The summed E-state index contributed by atoms with van der Waals surface area (Å²) in [7, 11) is 0. The summed E-state index contributed by atoms with van der Waals surface area (Å²) < 4.78 is 1.77. The van der Waals surface area contributed by atoms with Gasteiger partial charge in [0.05, 0.1) is 11.4 Å². The molecular weight excluding hydrogens is 310 g/mol. The van der Waals surface area contributed by atoms with Gasteiger partial charge in [0.2, 0.25) is 5.91 Å². The standard InChI is InChI=1S/C18H14ClN3O/c19-15-9-6-13(7-10-15)18-14(8-11-17(20)23)12-22(21-18)16-4-2-1-3-5-16/h1-12H,(H2,20,23)/b11-8+. The summed E-state index contributed by atoms with van der Waals surface area (Å²) in [5.74, 6) is -0.500. The molecule has 0 aliphatic carbocycles. The van der Waals surface area contributed by atoms with E-state index in [1.165, 1.54) is 6.08 Å². The van der Waals surface area contributed by atoms with Crippen molar-refractivity contribution in [2.45, 2.75) is 0 Å². The lowest BCUT2D eigenvalue weighted by atomic mass is 10.1. The molecule has 2 aromatic carbocycles. The fourth-order valence-electron chi connectivity index (χ4n) is 2.23. The Balaban J connectivity index is 2.10. The minimum absolute atomic E-state index is 0.500. The molecule has 0 aliphatic heterocycles.